The molecule has 2 amide bonds. The highest BCUT2D eigenvalue weighted by Crippen LogP contribution is 2.51. The zero-order valence-electron chi connectivity index (χ0n) is 14.3. The maximum atomic E-state index is 12.5. The zero-order valence-corrected chi connectivity index (χ0v) is 15.9. The summed E-state index contributed by atoms with van der Waals surface area (Å²) in [5, 5.41) is 2.33. The third-order valence-corrected chi connectivity index (χ3v) is 6.81. The Morgan fingerprint density at radius 1 is 1.35 bits per heavy atom. The van der Waals surface area contributed by atoms with Gasteiger partial charge in [0.25, 0.3) is 5.91 Å². The molecule has 0 radical (unpaired) electrons. The van der Waals surface area contributed by atoms with Crippen molar-refractivity contribution in [1.29, 1.82) is 0 Å². The molecule has 0 bridgehead atoms. The zero-order chi connectivity index (χ0) is 18.9. The third kappa shape index (κ3) is 3.23. The van der Waals surface area contributed by atoms with Gasteiger partial charge in [-0.1, -0.05) is 18.2 Å². The van der Waals surface area contributed by atoms with E-state index < -0.39 is 28.7 Å². The third-order valence-electron chi connectivity index (χ3n) is 4.45. The molecule has 0 aliphatic carbocycles. The van der Waals surface area contributed by atoms with Gasteiger partial charge in [0.15, 0.2) is 6.61 Å². The van der Waals surface area contributed by atoms with Crippen molar-refractivity contribution in [2.24, 2.45) is 0 Å². The van der Waals surface area contributed by atoms with E-state index in [1.165, 1.54) is 23.8 Å². The molecule has 1 aromatic carbocycles. The lowest BCUT2D eigenvalue weighted by molar-refractivity contribution is -0.162. The van der Waals surface area contributed by atoms with Gasteiger partial charge >= 0.3 is 5.97 Å². The molecule has 4 atom stereocenters. The van der Waals surface area contributed by atoms with Crippen LogP contribution >= 0.6 is 23.4 Å². The number of β-lactam (4-membered cyclic amide) rings is 1. The number of methoxy groups -OCH3 is 1. The quantitative estimate of drug-likeness (QED) is 0.437. The average Bonchev–Trinajstić information content (AvgIpc) is 2.95. The Balaban J connectivity index is 1.62. The second-order valence-electron chi connectivity index (χ2n) is 6.27. The monoisotopic (exact) mass is 398 g/mol. The lowest BCUT2D eigenvalue weighted by Gasteiger charge is -2.43. The van der Waals surface area contributed by atoms with E-state index in [-0.39, 0.29) is 23.8 Å². The minimum absolute atomic E-state index is 0.176. The van der Waals surface area contributed by atoms with E-state index in [2.05, 4.69) is 5.32 Å². The van der Waals surface area contributed by atoms with Crippen LogP contribution in [-0.4, -0.2) is 64.5 Å². The van der Waals surface area contributed by atoms with Crippen LogP contribution in [0.5, 0.6) is 5.75 Å². The normalized spacial score (nSPS) is 29.6. The van der Waals surface area contributed by atoms with Crippen LogP contribution in [0, 0.1) is 0 Å². The Kier molecular flexibility index (Phi) is 5.34. The van der Waals surface area contributed by atoms with Gasteiger partial charge in [0.2, 0.25) is 5.91 Å². The second kappa shape index (κ2) is 7.36. The summed E-state index contributed by atoms with van der Waals surface area (Å²) in [5.74, 6) is -0.481. The first kappa shape index (κ1) is 18.8. The summed E-state index contributed by atoms with van der Waals surface area (Å²) >= 11 is 7.45. The number of thioether (sulfide) groups is 1. The molecule has 9 heteroatoms. The van der Waals surface area contributed by atoms with Crippen molar-refractivity contribution in [3.63, 3.8) is 0 Å². The molecule has 0 spiro atoms. The van der Waals surface area contributed by atoms with Crippen molar-refractivity contribution >= 4 is 41.1 Å². The number of carbonyl (C=O) groups is 3. The lowest BCUT2D eigenvalue weighted by atomic mass is 9.96. The molecule has 2 aliphatic heterocycles. The Morgan fingerprint density at radius 2 is 2.04 bits per heavy atom. The molecule has 0 saturated carbocycles. The van der Waals surface area contributed by atoms with Crippen LogP contribution in [0.15, 0.2) is 30.3 Å². The number of ether oxygens (including phenoxy) is 2. The van der Waals surface area contributed by atoms with E-state index in [0.29, 0.717) is 5.75 Å². The summed E-state index contributed by atoms with van der Waals surface area (Å²) in [7, 11) is 1.28. The van der Waals surface area contributed by atoms with Crippen LogP contribution in [-0.2, 0) is 19.1 Å². The molecule has 26 heavy (non-hydrogen) atoms. The SMILES string of the molecule is COC(=O)C1N2C(=O)C(NC(=O)COc3ccccc3)[C@@H]2SC1(C)CCl. The number of alkyl halides is 1. The van der Waals surface area contributed by atoms with Crippen LogP contribution < -0.4 is 10.1 Å². The summed E-state index contributed by atoms with van der Waals surface area (Å²) in [6.45, 7) is 1.62. The van der Waals surface area contributed by atoms with Gasteiger partial charge in [0.05, 0.1) is 11.9 Å². The highest BCUT2D eigenvalue weighted by Gasteiger charge is 2.65. The largest absolute Gasteiger partial charge is 0.484 e. The molecular weight excluding hydrogens is 380 g/mol. The average molecular weight is 399 g/mol. The number of nitrogens with zero attached hydrogens (tertiary/aromatic N) is 1. The number of carbonyl (C=O) groups excluding carboxylic acids is 3. The molecule has 1 N–H and O–H groups in total. The van der Waals surface area contributed by atoms with Crippen LogP contribution in [0.1, 0.15) is 6.92 Å². The Morgan fingerprint density at radius 3 is 2.65 bits per heavy atom. The summed E-state index contributed by atoms with van der Waals surface area (Å²) in [6.07, 6.45) is 0. The number of rotatable bonds is 6. The van der Waals surface area contributed by atoms with Crippen molar-refractivity contribution in [1.82, 2.24) is 10.2 Å². The Hall–Kier alpha value is -1.93. The Bertz CT molecular complexity index is 718. The van der Waals surface area contributed by atoms with Crippen LogP contribution in [0.4, 0.5) is 0 Å². The number of esters is 1. The van der Waals surface area contributed by atoms with E-state index in [9.17, 15) is 14.4 Å². The molecule has 3 unspecified atom stereocenters. The number of amides is 2. The fourth-order valence-corrected chi connectivity index (χ4v) is 5.06. The topological polar surface area (TPSA) is 84.9 Å². The van der Waals surface area contributed by atoms with Crippen LogP contribution in [0.3, 0.4) is 0 Å². The maximum Gasteiger partial charge on any atom is 0.330 e. The first-order valence-electron chi connectivity index (χ1n) is 8.02. The van der Waals surface area contributed by atoms with Crippen molar-refractivity contribution in [3.05, 3.63) is 30.3 Å². The van der Waals surface area contributed by atoms with E-state index in [1.807, 2.05) is 13.0 Å². The highest BCUT2D eigenvalue weighted by molar-refractivity contribution is 8.01. The smallest absolute Gasteiger partial charge is 0.330 e. The summed E-state index contributed by atoms with van der Waals surface area (Å²) in [5.41, 5.74) is 0. The van der Waals surface area contributed by atoms with E-state index >= 15 is 0 Å². The van der Waals surface area contributed by atoms with Gasteiger partial charge in [-0.05, 0) is 19.1 Å². The van der Waals surface area contributed by atoms with Crippen molar-refractivity contribution in [2.45, 2.75) is 29.1 Å². The fourth-order valence-electron chi connectivity index (χ4n) is 3.11. The molecule has 140 valence electrons. The van der Waals surface area contributed by atoms with Gasteiger partial charge in [-0.3, -0.25) is 9.59 Å². The summed E-state index contributed by atoms with van der Waals surface area (Å²) in [6, 6.07) is 7.46. The molecule has 7 nitrogen and oxygen atoms in total. The number of nitrogens with one attached hydrogen (secondary N) is 1. The molecule has 2 saturated heterocycles. The molecule has 0 aromatic heterocycles. The minimum Gasteiger partial charge on any atom is -0.484 e. The predicted octanol–water partition coefficient (Wildman–Crippen LogP) is 1.00. The van der Waals surface area contributed by atoms with Gasteiger partial charge in [0.1, 0.15) is 23.2 Å². The Labute approximate surface area is 160 Å². The van der Waals surface area contributed by atoms with Crippen molar-refractivity contribution in [3.8, 4) is 5.75 Å². The standard InChI is InChI=1S/C17H19ClN2O5S/c1-17(9-18)13(16(23)24-2)20-14(22)12(15(20)26-17)19-11(21)8-25-10-6-4-3-5-7-10/h3-7,12-13,15H,8-9H2,1-2H3,(H,19,21)/t12?,13?,15-,17?/m0/s1. The van der Waals surface area contributed by atoms with Crippen molar-refractivity contribution in [2.75, 3.05) is 19.6 Å². The molecule has 1 aromatic rings. The van der Waals surface area contributed by atoms with Crippen LogP contribution in [0.2, 0.25) is 0 Å². The van der Waals surface area contributed by atoms with Crippen molar-refractivity contribution < 1.29 is 23.9 Å². The predicted molar refractivity (Wildman–Crippen MR) is 97.0 cm³/mol. The van der Waals surface area contributed by atoms with Gasteiger partial charge in [0, 0.05) is 5.88 Å². The number of fused-ring (bicyclic) bond motifs is 1. The van der Waals surface area contributed by atoms with Crippen LogP contribution in [0.25, 0.3) is 0 Å². The first-order valence-corrected chi connectivity index (χ1v) is 9.43. The van der Waals surface area contributed by atoms with Gasteiger partial charge in [-0.15, -0.1) is 23.4 Å². The number of halogens is 1. The van der Waals surface area contributed by atoms with E-state index in [1.54, 1.807) is 24.3 Å². The maximum absolute atomic E-state index is 12.5. The fraction of sp³-hybridized carbons (Fsp3) is 0.471. The van der Waals surface area contributed by atoms with Gasteiger partial charge in [-0.25, -0.2) is 4.79 Å². The number of para-hydroxylation sites is 1. The van der Waals surface area contributed by atoms with Gasteiger partial charge in [-0.2, -0.15) is 0 Å². The molecule has 2 aliphatic rings. The lowest BCUT2D eigenvalue weighted by Crippen LogP contribution is -2.71. The highest BCUT2D eigenvalue weighted by atomic mass is 35.5. The first-order chi connectivity index (χ1) is 12.4. The number of hydrogen-bond acceptors (Lipinski definition) is 6. The summed E-state index contributed by atoms with van der Waals surface area (Å²) < 4.78 is 9.54. The molecule has 3 rings (SSSR count). The second-order valence-corrected chi connectivity index (χ2v) is 8.19. The molecular formula is C17H19ClN2O5S. The summed E-state index contributed by atoms with van der Waals surface area (Å²) in [4.78, 5) is 38.2. The molecule has 2 fully saturated rings. The van der Waals surface area contributed by atoms with Gasteiger partial charge < -0.3 is 19.7 Å². The minimum atomic E-state index is -0.763. The van der Waals surface area contributed by atoms with E-state index in [0.717, 1.165) is 0 Å². The number of benzene rings is 1. The molecule has 2 heterocycles. The number of hydrogen-bond donors (Lipinski definition) is 1. The van der Waals surface area contributed by atoms with E-state index in [4.69, 9.17) is 21.1 Å².